The Hall–Kier alpha value is -2.07. The summed E-state index contributed by atoms with van der Waals surface area (Å²) in [5, 5.41) is 0. The first-order chi connectivity index (χ1) is 7.85. The lowest BCUT2D eigenvalue weighted by molar-refractivity contribution is 0.416. The van der Waals surface area contributed by atoms with E-state index in [0.717, 1.165) is 22.7 Å². The molecule has 4 heteroatoms. The Kier molecular flexibility index (Phi) is 3.03. The van der Waals surface area contributed by atoms with E-state index in [1.165, 1.54) is 0 Å². The van der Waals surface area contributed by atoms with Gasteiger partial charge in [0.2, 0.25) is 0 Å². The molecule has 0 aliphatic rings. The minimum absolute atomic E-state index is 0.796. The number of rotatable bonds is 3. The van der Waals surface area contributed by atoms with E-state index in [-0.39, 0.29) is 0 Å². The smallest absolute Gasteiger partial charge is 0.128 e. The monoisotopic (exact) mass is 215 g/mol. The maximum Gasteiger partial charge on any atom is 0.128 e. The second-order valence-electron chi connectivity index (χ2n) is 3.27. The van der Waals surface area contributed by atoms with Gasteiger partial charge in [0.15, 0.2) is 0 Å². The minimum atomic E-state index is 0.796. The molecule has 3 N–H and O–H groups in total. The fourth-order valence-corrected chi connectivity index (χ4v) is 1.52. The van der Waals surface area contributed by atoms with Gasteiger partial charge in [0.25, 0.3) is 0 Å². The van der Waals surface area contributed by atoms with Crippen molar-refractivity contribution in [1.29, 1.82) is 0 Å². The van der Waals surface area contributed by atoms with Gasteiger partial charge in [0, 0.05) is 11.8 Å². The Morgan fingerprint density at radius 3 is 2.81 bits per heavy atom. The Balaban J connectivity index is 2.49. The third-order valence-electron chi connectivity index (χ3n) is 2.31. The number of hydrogen-bond donors (Lipinski definition) is 2. The van der Waals surface area contributed by atoms with Crippen molar-refractivity contribution >= 4 is 5.69 Å². The molecule has 0 spiro atoms. The summed E-state index contributed by atoms with van der Waals surface area (Å²) in [4.78, 5) is 4.29. The Morgan fingerprint density at radius 1 is 1.25 bits per heavy atom. The summed E-state index contributed by atoms with van der Waals surface area (Å²) in [7, 11) is 1.64. The minimum Gasteiger partial charge on any atom is -0.496 e. The molecule has 1 aromatic carbocycles. The molecule has 0 radical (unpaired) electrons. The maximum atomic E-state index is 5.36. The van der Waals surface area contributed by atoms with Crippen molar-refractivity contribution in [2.24, 2.45) is 5.84 Å². The molecule has 82 valence electrons. The van der Waals surface area contributed by atoms with Crippen LogP contribution in [0.3, 0.4) is 0 Å². The lowest BCUT2D eigenvalue weighted by Gasteiger charge is -2.08. The molecule has 0 unspecified atom stereocenters. The molecule has 0 bridgehead atoms. The van der Waals surface area contributed by atoms with Crippen molar-refractivity contribution in [2.45, 2.75) is 0 Å². The van der Waals surface area contributed by atoms with Gasteiger partial charge in [-0.05, 0) is 24.3 Å². The van der Waals surface area contributed by atoms with E-state index in [1.807, 2.05) is 30.3 Å². The van der Waals surface area contributed by atoms with E-state index in [0.29, 0.717) is 0 Å². The van der Waals surface area contributed by atoms with Crippen molar-refractivity contribution in [3.05, 3.63) is 42.6 Å². The summed E-state index contributed by atoms with van der Waals surface area (Å²) in [6.07, 6.45) is 1.71. The van der Waals surface area contributed by atoms with Gasteiger partial charge in [-0.1, -0.05) is 12.1 Å². The third-order valence-corrected chi connectivity index (χ3v) is 2.31. The highest BCUT2D eigenvalue weighted by Gasteiger charge is 2.06. The first-order valence-electron chi connectivity index (χ1n) is 4.91. The standard InChI is InChI=1S/C12H13N3O/c1-16-12-5-3-2-4-10(12)11-8-9(15-13)6-7-14-11/h2-8H,13H2,1H3,(H,14,15). The number of nitrogens with zero attached hydrogens (tertiary/aromatic N) is 1. The second-order valence-corrected chi connectivity index (χ2v) is 3.27. The van der Waals surface area contributed by atoms with Crippen LogP contribution in [0.1, 0.15) is 0 Å². The van der Waals surface area contributed by atoms with Crippen LogP contribution in [-0.2, 0) is 0 Å². The average molecular weight is 215 g/mol. The molecular formula is C12H13N3O. The topological polar surface area (TPSA) is 60.2 Å². The number of hydrazine groups is 1. The van der Waals surface area contributed by atoms with Gasteiger partial charge in [0.05, 0.1) is 18.5 Å². The van der Waals surface area contributed by atoms with Crippen LogP contribution in [0, 0.1) is 0 Å². The molecule has 0 saturated heterocycles. The number of para-hydroxylation sites is 1. The number of nitrogen functional groups attached to an aromatic ring is 1. The van der Waals surface area contributed by atoms with Crippen molar-refractivity contribution < 1.29 is 4.74 Å². The second kappa shape index (κ2) is 4.63. The SMILES string of the molecule is COc1ccccc1-c1cc(NN)ccn1. The van der Waals surface area contributed by atoms with Crippen LogP contribution in [0.2, 0.25) is 0 Å². The molecule has 2 rings (SSSR count). The number of ether oxygens (including phenoxy) is 1. The van der Waals surface area contributed by atoms with E-state index >= 15 is 0 Å². The predicted molar refractivity (Wildman–Crippen MR) is 64.0 cm³/mol. The van der Waals surface area contributed by atoms with Crippen LogP contribution in [-0.4, -0.2) is 12.1 Å². The van der Waals surface area contributed by atoms with Gasteiger partial charge >= 0.3 is 0 Å². The molecule has 0 fully saturated rings. The van der Waals surface area contributed by atoms with Crippen molar-refractivity contribution in [1.82, 2.24) is 4.98 Å². The molecule has 1 aromatic heterocycles. The number of aromatic nitrogens is 1. The van der Waals surface area contributed by atoms with Crippen molar-refractivity contribution in [2.75, 3.05) is 12.5 Å². The third kappa shape index (κ3) is 1.97. The van der Waals surface area contributed by atoms with Gasteiger partial charge in [-0.2, -0.15) is 0 Å². The number of anilines is 1. The normalized spacial score (nSPS) is 9.88. The highest BCUT2D eigenvalue weighted by Crippen LogP contribution is 2.28. The van der Waals surface area contributed by atoms with Crippen LogP contribution < -0.4 is 16.0 Å². The van der Waals surface area contributed by atoms with Crippen LogP contribution in [0.25, 0.3) is 11.3 Å². The van der Waals surface area contributed by atoms with Gasteiger partial charge in [-0.25, -0.2) is 0 Å². The molecule has 2 aromatic rings. The number of nitrogens with two attached hydrogens (primary N) is 1. The zero-order valence-corrected chi connectivity index (χ0v) is 8.97. The van der Waals surface area contributed by atoms with Crippen molar-refractivity contribution in [3.8, 4) is 17.0 Å². The molecule has 0 saturated carbocycles. The maximum absolute atomic E-state index is 5.36. The molecule has 0 atom stereocenters. The van der Waals surface area contributed by atoms with Gasteiger partial charge in [0.1, 0.15) is 5.75 Å². The molecule has 0 aliphatic carbocycles. The lowest BCUT2D eigenvalue weighted by atomic mass is 10.1. The van der Waals surface area contributed by atoms with Crippen LogP contribution in [0.15, 0.2) is 42.6 Å². The fourth-order valence-electron chi connectivity index (χ4n) is 1.52. The van der Waals surface area contributed by atoms with Crippen LogP contribution >= 0.6 is 0 Å². The van der Waals surface area contributed by atoms with E-state index in [2.05, 4.69) is 10.4 Å². The summed E-state index contributed by atoms with van der Waals surface area (Å²) in [6, 6.07) is 11.4. The Morgan fingerprint density at radius 2 is 2.06 bits per heavy atom. The summed E-state index contributed by atoms with van der Waals surface area (Å²) in [5.74, 6) is 6.15. The molecule has 0 amide bonds. The first kappa shape index (κ1) is 10.4. The van der Waals surface area contributed by atoms with E-state index in [1.54, 1.807) is 19.4 Å². The quantitative estimate of drug-likeness (QED) is 0.607. The van der Waals surface area contributed by atoms with Crippen molar-refractivity contribution in [3.63, 3.8) is 0 Å². The Bertz CT molecular complexity index is 485. The number of hydrogen-bond acceptors (Lipinski definition) is 4. The average Bonchev–Trinajstić information content (AvgIpc) is 2.38. The highest BCUT2D eigenvalue weighted by molar-refractivity contribution is 5.69. The molecular weight excluding hydrogens is 202 g/mol. The molecule has 4 nitrogen and oxygen atoms in total. The zero-order valence-electron chi connectivity index (χ0n) is 8.97. The summed E-state index contributed by atoms with van der Waals surface area (Å²) in [6.45, 7) is 0. The number of benzene rings is 1. The first-order valence-corrected chi connectivity index (χ1v) is 4.91. The van der Waals surface area contributed by atoms with Crippen LogP contribution in [0.4, 0.5) is 5.69 Å². The van der Waals surface area contributed by atoms with Gasteiger partial charge in [-0.15, -0.1) is 0 Å². The Labute approximate surface area is 94.0 Å². The largest absolute Gasteiger partial charge is 0.496 e. The molecule has 0 aliphatic heterocycles. The number of nitrogens with one attached hydrogen (secondary N) is 1. The zero-order chi connectivity index (χ0) is 11.4. The van der Waals surface area contributed by atoms with Gasteiger partial charge in [-0.3, -0.25) is 10.8 Å². The molecule has 1 heterocycles. The van der Waals surface area contributed by atoms with Gasteiger partial charge < -0.3 is 10.2 Å². The van der Waals surface area contributed by atoms with E-state index < -0.39 is 0 Å². The predicted octanol–water partition coefficient (Wildman–Crippen LogP) is 2.04. The van der Waals surface area contributed by atoms with E-state index in [9.17, 15) is 0 Å². The van der Waals surface area contributed by atoms with E-state index in [4.69, 9.17) is 10.6 Å². The fraction of sp³-hybridized carbons (Fsp3) is 0.0833. The number of pyridine rings is 1. The highest BCUT2D eigenvalue weighted by atomic mass is 16.5. The lowest BCUT2D eigenvalue weighted by Crippen LogP contribution is -2.06. The summed E-state index contributed by atoms with van der Waals surface area (Å²) >= 11 is 0. The summed E-state index contributed by atoms with van der Waals surface area (Å²) in [5.41, 5.74) is 5.18. The number of methoxy groups -OCH3 is 1. The summed E-state index contributed by atoms with van der Waals surface area (Å²) < 4.78 is 5.28. The molecule has 16 heavy (non-hydrogen) atoms. The van der Waals surface area contributed by atoms with Crippen LogP contribution in [0.5, 0.6) is 5.75 Å².